The summed E-state index contributed by atoms with van der Waals surface area (Å²) in [6.45, 7) is 6.99. The van der Waals surface area contributed by atoms with Crippen molar-refractivity contribution in [1.29, 1.82) is 5.41 Å². The van der Waals surface area contributed by atoms with Crippen LogP contribution in [0.15, 0.2) is 65.6 Å². The van der Waals surface area contributed by atoms with E-state index in [9.17, 15) is 9.59 Å². The predicted molar refractivity (Wildman–Crippen MR) is 181 cm³/mol. The summed E-state index contributed by atoms with van der Waals surface area (Å²) in [6.07, 6.45) is 5.89. The fraction of sp³-hybridized carbons (Fsp3) is 0.412. The first-order chi connectivity index (χ1) is 22.4. The van der Waals surface area contributed by atoms with Gasteiger partial charge in [0.05, 0.1) is 5.69 Å². The molecular formula is C34H44N10O2. The summed E-state index contributed by atoms with van der Waals surface area (Å²) in [6, 6.07) is 17.7. The number of guanidine groups is 1. The highest BCUT2D eigenvalue weighted by atomic mass is 16.2. The third kappa shape index (κ3) is 7.47. The summed E-state index contributed by atoms with van der Waals surface area (Å²) in [5.41, 5.74) is 15.6. The van der Waals surface area contributed by atoms with E-state index >= 15 is 0 Å². The standard InChI is InChI=1S/C34H44N10O2/c35-13-1-15-42(16-2-14-38-33(36)37)20-23-3-9-28(10-4-23)44-21-27-19-29(39-31(27)41-34(44)46)24-5-7-26(8-6-24)32(45)40-30-22-43-17-11-25(30)12-18-43/h3-10,19,21,25,30H,1-2,11-18,20,22,35H2,(H,40,45)(H4,36,37,38)(H,39,41,46). The molecule has 8 N–H and O–H groups in total. The van der Waals surface area contributed by atoms with Gasteiger partial charge in [-0.2, -0.15) is 4.98 Å². The van der Waals surface area contributed by atoms with Gasteiger partial charge in [0.2, 0.25) is 0 Å². The number of piperidine rings is 3. The third-order valence-electron chi connectivity index (χ3n) is 9.20. The van der Waals surface area contributed by atoms with Crippen LogP contribution in [0.1, 0.15) is 41.6 Å². The lowest BCUT2D eigenvalue weighted by Gasteiger charge is -2.44. The van der Waals surface area contributed by atoms with Crippen molar-refractivity contribution < 1.29 is 4.79 Å². The van der Waals surface area contributed by atoms with E-state index in [-0.39, 0.29) is 23.6 Å². The molecule has 1 amide bonds. The lowest BCUT2D eigenvalue weighted by molar-refractivity contribution is 0.0620. The van der Waals surface area contributed by atoms with E-state index in [1.54, 1.807) is 4.57 Å². The van der Waals surface area contributed by atoms with Crippen molar-refractivity contribution in [1.82, 2.24) is 35.0 Å². The van der Waals surface area contributed by atoms with E-state index in [0.29, 0.717) is 30.2 Å². The van der Waals surface area contributed by atoms with Crippen LogP contribution >= 0.6 is 0 Å². The topological polar surface area (TPSA) is 174 Å². The molecule has 3 aliphatic heterocycles. The Morgan fingerprint density at radius 3 is 2.48 bits per heavy atom. The minimum absolute atomic E-state index is 0.0164. The third-order valence-corrected chi connectivity index (χ3v) is 9.20. The molecule has 2 aromatic heterocycles. The van der Waals surface area contributed by atoms with Gasteiger partial charge < -0.3 is 32.0 Å². The molecule has 7 rings (SSSR count). The Hall–Kier alpha value is -4.52. The smallest absolute Gasteiger partial charge is 0.354 e. The molecule has 242 valence electrons. The molecule has 0 saturated carbocycles. The van der Waals surface area contributed by atoms with Crippen LogP contribution in [0, 0.1) is 11.3 Å². The molecule has 12 heteroatoms. The van der Waals surface area contributed by atoms with Gasteiger partial charge in [0.15, 0.2) is 5.96 Å². The number of carbonyl (C=O) groups is 1. The highest BCUT2D eigenvalue weighted by Gasteiger charge is 2.34. The highest BCUT2D eigenvalue weighted by Crippen LogP contribution is 2.28. The number of nitrogens with one attached hydrogen (secondary N) is 4. The zero-order valence-electron chi connectivity index (χ0n) is 26.2. The number of hydrogen-bond acceptors (Lipinski definition) is 7. The van der Waals surface area contributed by atoms with Gasteiger partial charge in [-0.1, -0.05) is 24.3 Å². The maximum Gasteiger partial charge on any atom is 0.354 e. The van der Waals surface area contributed by atoms with Crippen LogP contribution in [-0.2, 0) is 6.54 Å². The van der Waals surface area contributed by atoms with Gasteiger partial charge in [-0.05, 0) is 99.2 Å². The molecular weight excluding hydrogens is 580 g/mol. The van der Waals surface area contributed by atoms with Gasteiger partial charge in [-0.15, -0.1) is 0 Å². The monoisotopic (exact) mass is 624 g/mol. The second-order valence-electron chi connectivity index (χ2n) is 12.5. The molecule has 0 spiro atoms. The van der Waals surface area contributed by atoms with Gasteiger partial charge in [0, 0.05) is 55.1 Å². The molecule has 5 heterocycles. The van der Waals surface area contributed by atoms with Gasteiger partial charge in [-0.3, -0.25) is 19.7 Å². The SMILES string of the molecule is N=C(N)NCCCN(CCCN)Cc1ccc(-n2cc3cc(-c4ccc(C(=O)NC5CN6CCC5CC6)cc4)[nH]c3nc2=O)cc1. The number of amides is 1. The van der Waals surface area contributed by atoms with Crippen LogP contribution in [0.4, 0.5) is 0 Å². The molecule has 12 nitrogen and oxygen atoms in total. The molecule has 3 fully saturated rings. The van der Waals surface area contributed by atoms with Crippen LogP contribution in [0.5, 0.6) is 0 Å². The Balaban J connectivity index is 1.11. The zero-order valence-corrected chi connectivity index (χ0v) is 26.2. The van der Waals surface area contributed by atoms with E-state index < -0.39 is 0 Å². The number of aromatic amines is 1. The number of aromatic nitrogens is 3. The molecule has 2 bridgehead atoms. The second kappa shape index (κ2) is 14.3. The molecule has 3 saturated heterocycles. The maximum atomic E-state index is 13.0. The normalized spacial score (nSPS) is 19.0. The highest BCUT2D eigenvalue weighted by molar-refractivity contribution is 5.95. The minimum Gasteiger partial charge on any atom is -0.370 e. The van der Waals surface area contributed by atoms with Crippen LogP contribution < -0.4 is 27.8 Å². The molecule has 0 aliphatic carbocycles. The molecule has 46 heavy (non-hydrogen) atoms. The number of carbonyl (C=O) groups excluding carboxylic acids is 1. The first kappa shape index (κ1) is 31.5. The molecule has 1 atom stereocenters. The first-order valence-electron chi connectivity index (χ1n) is 16.2. The van der Waals surface area contributed by atoms with Crippen LogP contribution in [-0.4, -0.2) is 88.1 Å². The van der Waals surface area contributed by atoms with E-state index in [2.05, 4.69) is 30.4 Å². The maximum absolute atomic E-state index is 13.0. The van der Waals surface area contributed by atoms with Gasteiger partial charge in [-0.25, -0.2) is 4.79 Å². The number of nitrogens with two attached hydrogens (primary N) is 2. The van der Waals surface area contributed by atoms with Gasteiger partial charge in [0.1, 0.15) is 5.65 Å². The predicted octanol–water partition coefficient (Wildman–Crippen LogP) is 2.23. The van der Waals surface area contributed by atoms with Crippen molar-refractivity contribution in [3.05, 3.63) is 82.4 Å². The number of fused-ring (bicyclic) bond motifs is 4. The summed E-state index contributed by atoms with van der Waals surface area (Å²) in [7, 11) is 0. The Kier molecular flexibility index (Phi) is 9.76. The van der Waals surface area contributed by atoms with Crippen LogP contribution in [0.2, 0.25) is 0 Å². The Morgan fingerprint density at radius 1 is 1.07 bits per heavy atom. The number of benzene rings is 2. The lowest BCUT2D eigenvalue weighted by Crippen LogP contribution is -2.57. The van der Waals surface area contributed by atoms with E-state index in [1.807, 2.05) is 60.8 Å². The van der Waals surface area contributed by atoms with Crippen molar-refractivity contribution in [2.75, 3.05) is 45.8 Å². The fourth-order valence-electron chi connectivity index (χ4n) is 6.65. The van der Waals surface area contributed by atoms with Gasteiger partial charge in [0.25, 0.3) is 5.91 Å². The van der Waals surface area contributed by atoms with Gasteiger partial charge >= 0.3 is 5.69 Å². The van der Waals surface area contributed by atoms with E-state index in [0.717, 1.165) is 92.8 Å². The van der Waals surface area contributed by atoms with E-state index in [1.165, 1.54) is 0 Å². The Labute approximate surface area is 268 Å². The number of nitrogens with zero attached hydrogens (tertiary/aromatic N) is 4. The average molecular weight is 625 g/mol. The largest absolute Gasteiger partial charge is 0.370 e. The first-order valence-corrected chi connectivity index (χ1v) is 16.2. The minimum atomic E-state index is -0.365. The molecule has 4 aromatic rings. The number of hydrogen-bond donors (Lipinski definition) is 6. The summed E-state index contributed by atoms with van der Waals surface area (Å²) in [5, 5.41) is 14.2. The van der Waals surface area contributed by atoms with Crippen molar-refractivity contribution in [2.24, 2.45) is 17.4 Å². The molecule has 2 aromatic carbocycles. The van der Waals surface area contributed by atoms with Crippen molar-refractivity contribution in [3.8, 4) is 16.9 Å². The van der Waals surface area contributed by atoms with E-state index in [4.69, 9.17) is 16.9 Å². The van der Waals surface area contributed by atoms with Crippen LogP contribution in [0.25, 0.3) is 28.0 Å². The Bertz CT molecular complexity index is 1700. The fourth-order valence-corrected chi connectivity index (χ4v) is 6.65. The van der Waals surface area contributed by atoms with Crippen molar-refractivity contribution in [2.45, 2.75) is 38.3 Å². The summed E-state index contributed by atoms with van der Waals surface area (Å²) >= 11 is 0. The molecule has 1 unspecified atom stereocenters. The van der Waals surface area contributed by atoms with Crippen molar-refractivity contribution >= 4 is 22.9 Å². The Morgan fingerprint density at radius 2 is 1.80 bits per heavy atom. The lowest BCUT2D eigenvalue weighted by atomic mass is 9.84. The second-order valence-corrected chi connectivity index (χ2v) is 12.5. The van der Waals surface area contributed by atoms with Crippen LogP contribution in [0.3, 0.4) is 0 Å². The number of H-pyrrole nitrogens is 1. The zero-order chi connectivity index (χ0) is 32.0. The summed E-state index contributed by atoms with van der Waals surface area (Å²) < 4.78 is 1.56. The summed E-state index contributed by atoms with van der Waals surface area (Å²) in [5.74, 6) is 0.530. The van der Waals surface area contributed by atoms with Crippen molar-refractivity contribution in [3.63, 3.8) is 0 Å². The number of rotatable bonds is 13. The quantitative estimate of drug-likeness (QED) is 0.0746. The molecule has 3 aliphatic rings. The summed E-state index contributed by atoms with van der Waals surface area (Å²) in [4.78, 5) is 38.4. The molecule has 0 radical (unpaired) electrons. The average Bonchev–Trinajstić information content (AvgIpc) is 3.49.